The van der Waals surface area contributed by atoms with Gasteiger partial charge in [-0.2, -0.15) is 0 Å². The van der Waals surface area contributed by atoms with Gasteiger partial charge in [-0.3, -0.25) is 14.2 Å². The van der Waals surface area contributed by atoms with E-state index in [1.807, 2.05) is 33.3 Å². The fraction of sp³-hybridized carbons (Fsp3) is 0.754. The summed E-state index contributed by atoms with van der Waals surface area (Å²) in [7, 11) is 1.15. The molecule has 0 spiro atoms. The zero-order valence-electron chi connectivity index (χ0n) is 44.1. The summed E-state index contributed by atoms with van der Waals surface area (Å²) in [6.07, 6.45) is 58.6. The van der Waals surface area contributed by atoms with E-state index in [0.29, 0.717) is 23.9 Å². The Balaban J connectivity index is 5.46. The minimum atomic E-state index is -4.70. The van der Waals surface area contributed by atoms with Crippen LogP contribution in [0.1, 0.15) is 226 Å². The van der Waals surface area contributed by atoms with Crippen molar-refractivity contribution < 1.29 is 37.3 Å². The first-order valence-corrected chi connectivity index (χ1v) is 28.7. The lowest BCUT2D eigenvalue weighted by atomic mass is 10.0. The monoisotopic (exact) mass is 959 g/mol. The molecule has 9 nitrogen and oxygen atoms in total. The Morgan fingerprint density at radius 1 is 0.552 bits per heavy atom. The number of allylic oxidation sites excluding steroid dienone is 11. The second-order valence-electron chi connectivity index (χ2n) is 19.4. The maximum Gasteiger partial charge on any atom is 0.306 e. The Morgan fingerprint density at radius 3 is 1.55 bits per heavy atom. The van der Waals surface area contributed by atoms with Crippen molar-refractivity contribution in [2.45, 2.75) is 238 Å². The Kier molecular flexibility index (Phi) is 45.3. The molecule has 0 aliphatic carbocycles. The Labute approximate surface area is 413 Å². The van der Waals surface area contributed by atoms with Gasteiger partial charge in [-0.05, 0) is 89.5 Å². The zero-order valence-corrected chi connectivity index (χ0v) is 45.0. The molecule has 3 atom stereocenters. The summed E-state index contributed by atoms with van der Waals surface area (Å²) in [5, 5.41) is 3.00. The molecule has 0 aliphatic rings. The van der Waals surface area contributed by atoms with Gasteiger partial charge in [0, 0.05) is 12.8 Å². The van der Waals surface area contributed by atoms with Crippen molar-refractivity contribution in [2.75, 3.05) is 40.9 Å². The highest BCUT2D eigenvalue weighted by Crippen LogP contribution is 2.38. The molecule has 67 heavy (non-hydrogen) atoms. The molecule has 0 aromatic carbocycles. The normalized spacial score (nSPS) is 14.4. The van der Waals surface area contributed by atoms with Crippen molar-refractivity contribution in [1.29, 1.82) is 0 Å². The summed E-state index contributed by atoms with van der Waals surface area (Å²) in [6.45, 7) is 6.65. The van der Waals surface area contributed by atoms with Gasteiger partial charge < -0.3 is 28.5 Å². The smallest absolute Gasteiger partial charge is 0.306 e. The van der Waals surface area contributed by atoms with Crippen molar-refractivity contribution in [3.8, 4) is 0 Å². The van der Waals surface area contributed by atoms with Crippen LogP contribution in [0.5, 0.6) is 0 Å². The number of hydrogen-bond donors (Lipinski definition) is 1. The number of unbranched alkanes of at least 4 members (excludes halogenated alkanes) is 23. The molecule has 1 N–H and O–H groups in total. The number of amides is 1. The van der Waals surface area contributed by atoms with Crippen LogP contribution >= 0.6 is 7.82 Å². The summed E-state index contributed by atoms with van der Waals surface area (Å²) in [6, 6.07) is -0.905. The molecule has 0 saturated carbocycles. The van der Waals surface area contributed by atoms with E-state index in [1.54, 1.807) is 0 Å². The lowest BCUT2D eigenvalue weighted by Gasteiger charge is -2.30. The van der Waals surface area contributed by atoms with E-state index in [9.17, 15) is 19.0 Å². The number of ether oxygens (including phenoxy) is 1. The Morgan fingerprint density at radius 2 is 1.00 bits per heavy atom. The highest BCUT2D eigenvalue weighted by Gasteiger charge is 2.27. The highest BCUT2D eigenvalue weighted by atomic mass is 31.2. The molecule has 0 bridgehead atoms. The van der Waals surface area contributed by atoms with Gasteiger partial charge in [0.15, 0.2) is 0 Å². The van der Waals surface area contributed by atoms with Crippen molar-refractivity contribution in [3.05, 3.63) is 72.9 Å². The standard InChI is InChI=1S/C57H103N2O7P/c1-7-10-13-16-19-22-25-28-30-32-35-38-41-44-47-50-57(61)66-55(48-45-42-39-36-33-27-24-21-18-15-12-9-3)54(53-65-67(62,63)64-52-51-59(4,5)6)58-56(60)49-46-43-40-37-34-31-29-26-23-20-17-14-11-8-2/h11,14,19-20,22-23,25,28-29,31,45,48,54-55H,7-10,12-13,15-18,21,24,26-27,30,32-44,46-47,49-53H2,1-6H3,(H-,58,60,62,63)/b14-11+,22-19+,23-20+,28-25+,31-29+,48-45+. The van der Waals surface area contributed by atoms with Gasteiger partial charge in [-0.25, -0.2) is 0 Å². The lowest BCUT2D eigenvalue weighted by molar-refractivity contribution is -0.870. The van der Waals surface area contributed by atoms with Crippen LogP contribution in [0.4, 0.5) is 0 Å². The Hall–Kier alpha value is -2.55. The zero-order chi connectivity index (χ0) is 49.4. The van der Waals surface area contributed by atoms with Crippen LogP contribution in [0, 0.1) is 0 Å². The molecule has 0 radical (unpaired) electrons. The van der Waals surface area contributed by atoms with E-state index in [4.69, 9.17) is 13.8 Å². The van der Waals surface area contributed by atoms with Gasteiger partial charge in [-0.15, -0.1) is 0 Å². The topological polar surface area (TPSA) is 114 Å². The summed E-state index contributed by atoms with van der Waals surface area (Å²) < 4.78 is 30.1. The molecule has 0 aromatic rings. The number of rotatable bonds is 48. The number of likely N-dealkylation sites (N-methyl/N-ethyl adjacent to an activating group) is 1. The van der Waals surface area contributed by atoms with Crippen LogP contribution in [0.3, 0.4) is 0 Å². The summed E-state index contributed by atoms with van der Waals surface area (Å²) in [5.74, 6) is -0.585. The van der Waals surface area contributed by atoms with Crippen molar-refractivity contribution in [1.82, 2.24) is 5.32 Å². The average molecular weight is 959 g/mol. The molecule has 1 amide bonds. The van der Waals surface area contributed by atoms with Gasteiger partial charge in [0.25, 0.3) is 7.82 Å². The predicted octanol–water partition coefficient (Wildman–Crippen LogP) is 15.5. The number of phosphoric ester groups is 1. The molecule has 0 aliphatic heterocycles. The van der Waals surface area contributed by atoms with Crippen LogP contribution in [0.15, 0.2) is 72.9 Å². The van der Waals surface area contributed by atoms with E-state index in [2.05, 4.69) is 86.8 Å². The quantitative estimate of drug-likeness (QED) is 0.0161. The molecular weight excluding hydrogens is 856 g/mol. The molecule has 0 heterocycles. The van der Waals surface area contributed by atoms with Gasteiger partial charge in [0.05, 0.1) is 33.8 Å². The minimum Gasteiger partial charge on any atom is -0.756 e. The summed E-state index contributed by atoms with van der Waals surface area (Å²) >= 11 is 0. The van der Waals surface area contributed by atoms with Crippen LogP contribution in [0.25, 0.3) is 0 Å². The predicted molar refractivity (Wildman–Crippen MR) is 284 cm³/mol. The SMILES string of the molecule is CC/C=C/C/C=C/C/C=C/CCCCCCC(=O)NC(COP(=O)([O-])OCC[N+](C)(C)C)C(/C=C/CCCCCCCCCCCC)OC(=O)CCCCCCCC/C=C/C=C/CCCCC. The summed E-state index contributed by atoms with van der Waals surface area (Å²) in [4.78, 5) is 39.7. The molecule has 10 heteroatoms. The molecule has 0 fully saturated rings. The molecule has 3 unspecified atom stereocenters. The molecule has 388 valence electrons. The van der Waals surface area contributed by atoms with Crippen molar-refractivity contribution in [3.63, 3.8) is 0 Å². The van der Waals surface area contributed by atoms with Gasteiger partial charge in [-0.1, -0.05) is 197 Å². The van der Waals surface area contributed by atoms with Crippen LogP contribution in [0.2, 0.25) is 0 Å². The number of nitrogens with zero attached hydrogens (tertiary/aromatic N) is 1. The second-order valence-corrected chi connectivity index (χ2v) is 20.8. The largest absolute Gasteiger partial charge is 0.756 e. The first-order chi connectivity index (χ1) is 32.4. The summed E-state index contributed by atoms with van der Waals surface area (Å²) in [5.41, 5.74) is 0. The maximum atomic E-state index is 13.4. The third kappa shape index (κ3) is 48.3. The third-order valence-electron chi connectivity index (χ3n) is 11.6. The lowest BCUT2D eigenvalue weighted by Crippen LogP contribution is -2.47. The number of esters is 1. The minimum absolute atomic E-state index is 0.0316. The second kappa shape index (κ2) is 47.1. The van der Waals surface area contributed by atoms with Gasteiger partial charge in [0.2, 0.25) is 5.91 Å². The van der Waals surface area contributed by atoms with E-state index < -0.39 is 26.6 Å². The number of carbonyl (C=O) groups is 2. The van der Waals surface area contributed by atoms with E-state index >= 15 is 0 Å². The highest BCUT2D eigenvalue weighted by molar-refractivity contribution is 7.45. The van der Waals surface area contributed by atoms with E-state index in [1.165, 1.54) is 70.6 Å². The van der Waals surface area contributed by atoms with E-state index in [-0.39, 0.29) is 31.3 Å². The maximum absolute atomic E-state index is 13.4. The number of hydrogen-bond acceptors (Lipinski definition) is 7. The molecule has 0 rings (SSSR count). The van der Waals surface area contributed by atoms with Gasteiger partial charge in [0.1, 0.15) is 19.3 Å². The molecule has 0 saturated heterocycles. The van der Waals surface area contributed by atoms with E-state index in [0.717, 1.165) is 109 Å². The first kappa shape index (κ1) is 64.5. The van der Waals surface area contributed by atoms with Crippen LogP contribution < -0.4 is 10.2 Å². The van der Waals surface area contributed by atoms with Gasteiger partial charge >= 0.3 is 5.97 Å². The average Bonchev–Trinajstić information content (AvgIpc) is 3.28. The Bertz CT molecular complexity index is 1380. The molecular formula is C57H103N2O7P. The van der Waals surface area contributed by atoms with Crippen molar-refractivity contribution in [2.24, 2.45) is 0 Å². The van der Waals surface area contributed by atoms with Crippen LogP contribution in [-0.4, -0.2) is 69.4 Å². The number of carbonyl (C=O) groups excluding carboxylic acids is 2. The number of quaternary nitrogens is 1. The third-order valence-corrected chi connectivity index (χ3v) is 12.6. The number of nitrogens with one attached hydrogen (secondary N) is 1. The first-order valence-electron chi connectivity index (χ1n) is 27.3. The number of phosphoric acid groups is 1. The van der Waals surface area contributed by atoms with Crippen molar-refractivity contribution >= 4 is 19.7 Å². The fourth-order valence-electron chi connectivity index (χ4n) is 7.41. The fourth-order valence-corrected chi connectivity index (χ4v) is 8.13. The molecule has 0 aromatic heterocycles. The van der Waals surface area contributed by atoms with Crippen LogP contribution in [-0.2, 0) is 27.9 Å².